The minimum Gasteiger partial charge on any atom is -0.388 e. The molecule has 1 aliphatic heterocycles. The van der Waals surface area contributed by atoms with E-state index in [4.69, 9.17) is 15.0 Å². The Morgan fingerprint density at radius 3 is 2.62 bits per heavy atom. The third-order valence-electron chi connectivity index (χ3n) is 2.35. The van der Waals surface area contributed by atoms with E-state index < -0.39 is 30.7 Å². The predicted octanol–water partition coefficient (Wildman–Crippen LogP) is -0.859. The lowest BCUT2D eigenvalue weighted by Crippen LogP contribution is -2.57. The summed E-state index contributed by atoms with van der Waals surface area (Å²) in [5.74, 6) is 0. The van der Waals surface area contributed by atoms with Crippen LogP contribution in [0, 0.1) is 0 Å². The molecule has 8 heteroatoms. The Kier molecular flexibility index (Phi) is 4.94. The van der Waals surface area contributed by atoms with E-state index in [-0.39, 0.29) is 13.2 Å². The fourth-order valence-electron chi connectivity index (χ4n) is 1.41. The molecule has 92 valence electrons. The first-order valence-electron chi connectivity index (χ1n) is 4.90. The third kappa shape index (κ3) is 3.05. The molecule has 16 heavy (non-hydrogen) atoms. The number of rotatable bonds is 4. The monoisotopic (exact) mass is 233 g/mol. The van der Waals surface area contributed by atoms with E-state index in [1.165, 1.54) is 0 Å². The molecule has 0 aromatic rings. The molecule has 1 heterocycles. The van der Waals surface area contributed by atoms with Crippen LogP contribution in [-0.4, -0.2) is 59.2 Å². The van der Waals surface area contributed by atoms with Crippen molar-refractivity contribution >= 4 is 0 Å². The lowest BCUT2D eigenvalue weighted by Gasteiger charge is -2.38. The predicted molar refractivity (Wildman–Crippen MR) is 52.3 cm³/mol. The number of azide groups is 1. The lowest BCUT2D eigenvalue weighted by atomic mass is 10.0. The Hall–Kier alpha value is -0.890. The first kappa shape index (κ1) is 13.2. The van der Waals surface area contributed by atoms with Crippen LogP contribution in [-0.2, 0) is 9.47 Å². The maximum absolute atomic E-state index is 9.52. The van der Waals surface area contributed by atoms with Gasteiger partial charge in [0, 0.05) is 11.5 Å². The van der Waals surface area contributed by atoms with Crippen molar-refractivity contribution in [3.63, 3.8) is 0 Å². The summed E-state index contributed by atoms with van der Waals surface area (Å²) in [7, 11) is 0. The molecule has 0 radical (unpaired) electrons. The van der Waals surface area contributed by atoms with Gasteiger partial charge in [-0.1, -0.05) is 5.11 Å². The molecule has 3 N–H and O–H groups in total. The van der Waals surface area contributed by atoms with Crippen LogP contribution in [0.25, 0.3) is 10.4 Å². The maximum Gasteiger partial charge on any atom is 0.186 e. The molecular formula is C8H15N3O5. The van der Waals surface area contributed by atoms with Crippen LogP contribution in [0.3, 0.4) is 0 Å². The van der Waals surface area contributed by atoms with E-state index in [1.54, 1.807) is 6.92 Å². The van der Waals surface area contributed by atoms with E-state index >= 15 is 0 Å². The number of aliphatic hydroxyl groups is 3. The Morgan fingerprint density at radius 1 is 1.31 bits per heavy atom. The molecule has 1 rings (SSSR count). The minimum atomic E-state index is -1.32. The highest BCUT2D eigenvalue weighted by Gasteiger charge is 2.42. The molecular weight excluding hydrogens is 218 g/mol. The van der Waals surface area contributed by atoms with Crippen LogP contribution < -0.4 is 0 Å². The van der Waals surface area contributed by atoms with Gasteiger partial charge in [-0.2, -0.15) is 0 Å². The average Bonchev–Trinajstić information content (AvgIpc) is 2.28. The van der Waals surface area contributed by atoms with Crippen molar-refractivity contribution in [2.75, 3.05) is 13.2 Å². The van der Waals surface area contributed by atoms with Gasteiger partial charge >= 0.3 is 0 Å². The molecule has 1 aliphatic rings. The van der Waals surface area contributed by atoms with Crippen molar-refractivity contribution < 1.29 is 24.8 Å². The van der Waals surface area contributed by atoms with E-state index in [9.17, 15) is 15.3 Å². The minimum absolute atomic E-state index is 0.0708. The SMILES string of the molecule is C[C@H]1O[C@H](OCCN=[N+]=[N-])[C@@H](O)[C@@H](O)[C@@H]1O. The van der Waals surface area contributed by atoms with Crippen LogP contribution in [0.15, 0.2) is 5.11 Å². The lowest BCUT2D eigenvalue weighted by molar-refractivity contribution is -0.292. The summed E-state index contributed by atoms with van der Waals surface area (Å²) in [6.45, 7) is 1.74. The van der Waals surface area contributed by atoms with Gasteiger partial charge in [-0.3, -0.25) is 0 Å². The van der Waals surface area contributed by atoms with Crippen LogP contribution >= 0.6 is 0 Å². The van der Waals surface area contributed by atoms with Gasteiger partial charge in [0.15, 0.2) is 6.29 Å². The fourth-order valence-corrected chi connectivity index (χ4v) is 1.41. The van der Waals surface area contributed by atoms with Gasteiger partial charge in [-0.05, 0) is 12.5 Å². The standard InChI is InChI=1S/C8H15N3O5/c1-4-5(12)6(13)7(14)8(16-4)15-3-2-10-11-9/h4-8,12-14H,2-3H2,1H3/t4-,5-,6+,7+,8+/m1/s1. The quantitative estimate of drug-likeness (QED) is 0.252. The zero-order valence-electron chi connectivity index (χ0n) is 8.80. The molecule has 1 saturated heterocycles. The highest BCUT2D eigenvalue weighted by atomic mass is 16.7. The topological polar surface area (TPSA) is 128 Å². The van der Waals surface area contributed by atoms with Gasteiger partial charge < -0.3 is 24.8 Å². The van der Waals surface area contributed by atoms with E-state index in [0.29, 0.717) is 0 Å². The second-order valence-electron chi connectivity index (χ2n) is 3.51. The Labute approximate surface area is 92.0 Å². The highest BCUT2D eigenvalue weighted by Crippen LogP contribution is 2.21. The molecule has 0 unspecified atom stereocenters. The summed E-state index contributed by atoms with van der Waals surface area (Å²) in [6.07, 6.45) is -5.44. The van der Waals surface area contributed by atoms with Gasteiger partial charge in [0.05, 0.1) is 12.7 Å². The molecule has 5 atom stereocenters. The van der Waals surface area contributed by atoms with Gasteiger partial charge in [0.25, 0.3) is 0 Å². The number of hydrogen-bond acceptors (Lipinski definition) is 6. The summed E-state index contributed by atoms with van der Waals surface area (Å²) in [6, 6.07) is 0. The molecule has 0 aromatic heterocycles. The van der Waals surface area contributed by atoms with Gasteiger partial charge in [-0.15, -0.1) is 0 Å². The number of aliphatic hydroxyl groups excluding tert-OH is 3. The van der Waals surface area contributed by atoms with Crippen molar-refractivity contribution in [3.05, 3.63) is 10.4 Å². The Bertz CT molecular complexity index is 270. The van der Waals surface area contributed by atoms with E-state index in [0.717, 1.165) is 0 Å². The fraction of sp³-hybridized carbons (Fsp3) is 1.00. The smallest absolute Gasteiger partial charge is 0.186 e. The van der Waals surface area contributed by atoms with E-state index in [2.05, 4.69) is 10.0 Å². The molecule has 1 fully saturated rings. The van der Waals surface area contributed by atoms with Crippen molar-refractivity contribution in [2.24, 2.45) is 5.11 Å². The van der Waals surface area contributed by atoms with Crippen molar-refractivity contribution in [1.82, 2.24) is 0 Å². The average molecular weight is 233 g/mol. The van der Waals surface area contributed by atoms with Gasteiger partial charge in [0.1, 0.15) is 18.3 Å². The van der Waals surface area contributed by atoms with Gasteiger partial charge in [-0.25, -0.2) is 0 Å². The number of hydrogen-bond donors (Lipinski definition) is 3. The van der Waals surface area contributed by atoms with Gasteiger partial charge in [0.2, 0.25) is 0 Å². The highest BCUT2D eigenvalue weighted by molar-refractivity contribution is 4.87. The first-order valence-corrected chi connectivity index (χ1v) is 4.90. The molecule has 0 amide bonds. The summed E-state index contributed by atoms with van der Waals surface area (Å²) in [4.78, 5) is 2.53. The summed E-state index contributed by atoms with van der Waals surface area (Å²) in [5.41, 5.74) is 8.02. The number of nitrogens with zero attached hydrogens (tertiary/aromatic N) is 3. The molecule has 0 spiro atoms. The maximum atomic E-state index is 9.52. The van der Waals surface area contributed by atoms with Crippen molar-refractivity contribution in [3.8, 4) is 0 Å². The van der Waals surface area contributed by atoms with Crippen LogP contribution in [0.1, 0.15) is 6.92 Å². The van der Waals surface area contributed by atoms with E-state index in [1.807, 2.05) is 0 Å². The zero-order valence-corrected chi connectivity index (χ0v) is 8.80. The Morgan fingerprint density at radius 2 is 2.00 bits per heavy atom. The Balaban J connectivity index is 2.44. The molecule has 0 aromatic carbocycles. The van der Waals surface area contributed by atoms with Crippen molar-refractivity contribution in [1.29, 1.82) is 0 Å². The summed E-state index contributed by atoms with van der Waals surface area (Å²) >= 11 is 0. The van der Waals surface area contributed by atoms with Crippen LogP contribution in [0.4, 0.5) is 0 Å². The third-order valence-corrected chi connectivity index (χ3v) is 2.35. The second-order valence-corrected chi connectivity index (χ2v) is 3.51. The van der Waals surface area contributed by atoms with Crippen LogP contribution in [0.5, 0.6) is 0 Å². The summed E-state index contributed by atoms with van der Waals surface area (Å²) in [5, 5.41) is 31.6. The van der Waals surface area contributed by atoms with Crippen molar-refractivity contribution in [2.45, 2.75) is 37.6 Å². The second kappa shape index (κ2) is 6.00. The first-order chi connectivity index (χ1) is 7.57. The normalized spacial score (nSPS) is 39.1. The number of ether oxygens (including phenoxy) is 2. The molecule has 0 aliphatic carbocycles. The zero-order chi connectivity index (χ0) is 12.1. The summed E-state index contributed by atoms with van der Waals surface area (Å²) < 4.78 is 10.2. The largest absolute Gasteiger partial charge is 0.388 e. The molecule has 0 saturated carbocycles. The molecule has 8 nitrogen and oxygen atoms in total. The molecule has 0 bridgehead atoms. The van der Waals surface area contributed by atoms with Crippen LogP contribution in [0.2, 0.25) is 0 Å².